The molecule has 0 amide bonds. The van der Waals surface area contributed by atoms with E-state index >= 15 is 0 Å². The highest BCUT2D eigenvalue weighted by molar-refractivity contribution is 5.29. The molecule has 0 aromatic heterocycles. The Morgan fingerprint density at radius 2 is 2.06 bits per heavy atom. The first-order valence-electron chi connectivity index (χ1n) is 7.25. The largest absolute Gasteiger partial charge is 0.0850 e. The van der Waals surface area contributed by atoms with Crippen molar-refractivity contribution in [2.24, 2.45) is 17.8 Å². The fourth-order valence-corrected chi connectivity index (χ4v) is 3.88. The number of hydrogen-bond acceptors (Lipinski definition) is 0. The third kappa shape index (κ3) is 2.27. The number of hydrogen-bond donors (Lipinski definition) is 0. The molecule has 0 radical (unpaired) electrons. The summed E-state index contributed by atoms with van der Waals surface area (Å²) in [4.78, 5) is 0. The predicted molar refractivity (Wildman–Crippen MR) is 73.8 cm³/mol. The van der Waals surface area contributed by atoms with Gasteiger partial charge in [-0.3, -0.25) is 0 Å². The van der Waals surface area contributed by atoms with Crippen LogP contribution in [0.3, 0.4) is 0 Å². The van der Waals surface area contributed by atoms with Crippen molar-refractivity contribution < 1.29 is 0 Å². The van der Waals surface area contributed by atoms with Crippen molar-refractivity contribution in [3.63, 3.8) is 0 Å². The molecule has 0 N–H and O–H groups in total. The normalized spacial score (nSPS) is 36.0. The topological polar surface area (TPSA) is 0 Å². The lowest BCUT2D eigenvalue weighted by molar-refractivity contribution is 0.576. The molecule has 2 saturated carbocycles. The van der Waals surface area contributed by atoms with E-state index in [1.807, 2.05) is 0 Å². The summed E-state index contributed by atoms with van der Waals surface area (Å²) in [7, 11) is 0. The first kappa shape index (κ1) is 11.3. The third-order valence-corrected chi connectivity index (χ3v) is 4.91. The third-order valence-electron chi connectivity index (χ3n) is 4.91. The molecule has 0 spiro atoms. The van der Waals surface area contributed by atoms with Crippen LogP contribution >= 0.6 is 0 Å². The van der Waals surface area contributed by atoms with Gasteiger partial charge in [-0.05, 0) is 70.1 Å². The maximum atomic E-state index is 2.42. The van der Waals surface area contributed by atoms with Gasteiger partial charge in [0.25, 0.3) is 0 Å². The minimum atomic E-state index is 0.829. The molecule has 0 heteroatoms. The summed E-state index contributed by atoms with van der Waals surface area (Å²) in [5.74, 6) is 2.81. The fourth-order valence-electron chi connectivity index (χ4n) is 3.88. The van der Waals surface area contributed by atoms with Crippen LogP contribution in [-0.4, -0.2) is 0 Å². The summed E-state index contributed by atoms with van der Waals surface area (Å²) in [6.45, 7) is 4.48. The lowest BCUT2D eigenvalue weighted by Crippen LogP contribution is -1.93. The van der Waals surface area contributed by atoms with Crippen molar-refractivity contribution >= 4 is 0 Å². The van der Waals surface area contributed by atoms with E-state index in [2.05, 4.69) is 32.1 Å². The van der Waals surface area contributed by atoms with Gasteiger partial charge in [-0.1, -0.05) is 34.9 Å². The molecule has 17 heavy (non-hydrogen) atoms. The van der Waals surface area contributed by atoms with Gasteiger partial charge in [-0.15, -0.1) is 0 Å². The molecule has 0 heterocycles. The van der Waals surface area contributed by atoms with Crippen LogP contribution in [0.5, 0.6) is 0 Å². The molecule has 2 fully saturated rings. The van der Waals surface area contributed by atoms with Gasteiger partial charge < -0.3 is 0 Å². The molecular formula is C17H24. The Morgan fingerprint density at radius 3 is 2.29 bits per heavy atom. The predicted octanol–water partition coefficient (Wildman–Crippen LogP) is 5.04. The van der Waals surface area contributed by atoms with Crippen LogP contribution in [-0.2, 0) is 0 Å². The lowest BCUT2D eigenvalue weighted by Gasteiger charge is -2.09. The Bertz CT molecular complexity index is 390. The summed E-state index contributed by atoms with van der Waals surface area (Å²) < 4.78 is 0. The van der Waals surface area contributed by atoms with Crippen LogP contribution < -0.4 is 0 Å². The SMILES string of the molecule is C1=C2CCC(C1)C2.CC(C)=C1CC2C=CC1C2. The van der Waals surface area contributed by atoms with Gasteiger partial charge in [0.2, 0.25) is 0 Å². The molecular weight excluding hydrogens is 204 g/mol. The van der Waals surface area contributed by atoms with Gasteiger partial charge in [0.05, 0.1) is 0 Å². The van der Waals surface area contributed by atoms with Crippen LogP contribution in [0.1, 0.15) is 52.4 Å². The summed E-state index contributed by atoms with van der Waals surface area (Å²) in [5.41, 5.74) is 5.01. The van der Waals surface area contributed by atoms with Crippen molar-refractivity contribution in [3.8, 4) is 0 Å². The molecule has 0 aromatic carbocycles. The van der Waals surface area contributed by atoms with E-state index in [1.54, 1.807) is 16.7 Å². The van der Waals surface area contributed by atoms with Crippen molar-refractivity contribution in [3.05, 3.63) is 34.9 Å². The van der Waals surface area contributed by atoms with Gasteiger partial charge in [-0.2, -0.15) is 0 Å². The van der Waals surface area contributed by atoms with Crippen molar-refractivity contribution in [2.75, 3.05) is 0 Å². The van der Waals surface area contributed by atoms with Crippen molar-refractivity contribution in [1.82, 2.24) is 0 Å². The Hall–Kier alpha value is -0.780. The van der Waals surface area contributed by atoms with E-state index in [-0.39, 0.29) is 0 Å². The summed E-state index contributed by atoms with van der Waals surface area (Å²) in [5, 5.41) is 0. The average Bonchev–Trinajstić information content (AvgIpc) is 3.10. The van der Waals surface area contributed by atoms with Crippen molar-refractivity contribution in [1.29, 1.82) is 0 Å². The number of fused-ring (bicyclic) bond motifs is 4. The highest BCUT2D eigenvalue weighted by atomic mass is 14.4. The van der Waals surface area contributed by atoms with E-state index in [9.17, 15) is 0 Å². The average molecular weight is 228 g/mol. The summed E-state index contributed by atoms with van der Waals surface area (Å²) in [6, 6.07) is 0. The minimum Gasteiger partial charge on any atom is -0.0850 e. The van der Waals surface area contributed by atoms with Gasteiger partial charge in [0, 0.05) is 0 Å². The lowest BCUT2D eigenvalue weighted by atomic mass is 9.97. The van der Waals surface area contributed by atoms with E-state index in [4.69, 9.17) is 0 Å². The van der Waals surface area contributed by atoms with Gasteiger partial charge in [0.1, 0.15) is 0 Å². The van der Waals surface area contributed by atoms with Crippen LogP contribution in [0.15, 0.2) is 34.9 Å². The summed E-state index contributed by atoms with van der Waals surface area (Å²) in [6.07, 6.45) is 15.7. The molecule has 4 rings (SSSR count). The number of allylic oxidation sites excluding steroid dienone is 6. The van der Waals surface area contributed by atoms with E-state index in [0.717, 1.165) is 17.8 Å². The van der Waals surface area contributed by atoms with Gasteiger partial charge in [0.15, 0.2) is 0 Å². The molecule has 3 atom stereocenters. The minimum absolute atomic E-state index is 0.829. The molecule has 4 aliphatic carbocycles. The molecule has 0 aliphatic heterocycles. The van der Waals surface area contributed by atoms with Crippen LogP contribution in [0.4, 0.5) is 0 Å². The molecule has 0 saturated heterocycles. The van der Waals surface area contributed by atoms with E-state index in [0.29, 0.717) is 0 Å². The van der Waals surface area contributed by atoms with Crippen LogP contribution in [0.25, 0.3) is 0 Å². The van der Waals surface area contributed by atoms with Gasteiger partial charge >= 0.3 is 0 Å². The second-order valence-electron chi connectivity index (χ2n) is 6.42. The zero-order valence-electron chi connectivity index (χ0n) is 11.2. The Morgan fingerprint density at radius 1 is 1.18 bits per heavy atom. The highest BCUT2D eigenvalue weighted by Gasteiger charge is 2.30. The van der Waals surface area contributed by atoms with Crippen LogP contribution in [0.2, 0.25) is 0 Å². The maximum Gasteiger partial charge on any atom is -0.00148 e. The zero-order chi connectivity index (χ0) is 11.8. The molecule has 92 valence electrons. The molecule has 4 bridgehead atoms. The fraction of sp³-hybridized carbons (Fsp3) is 0.647. The first-order valence-corrected chi connectivity index (χ1v) is 7.25. The highest BCUT2D eigenvalue weighted by Crippen LogP contribution is 2.44. The standard InChI is InChI=1S/C10H14.C7H10/c1-7(2)10-6-8-3-4-9(10)5-8;1-2-7-4-3-6(1)5-7/h3-4,8-9H,5-6H2,1-2H3;1,7H,2-5H2. The molecule has 4 aliphatic rings. The molecule has 0 nitrogen and oxygen atoms in total. The summed E-state index contributed by atoms with van der Waals surface area (Å²) >= 11 is 0. The molecule has 3 unspecified atom stereocenters. The first-order chi connectivity index (χ1) is 8.22. The molecule has 0 aromatic rings. The quantitative estimate of drug-likeness (QED) is 0.510. The second-order valence-corrected chi connectivity index (χ2v) is 6.42. The Labute approximate surface area is 105 Å². The zero-order valence-corrected chi connectivity index (χ0v) is 11.2. The number of rotatable bonds is 0. The van der Waals surface area contributed by atoms with Crippen LogP contribution in [0, 0.1) is 17.8 Å². The maximum absolute atomic E-state index is 2.42. The van der Waals surface area contributed by atoms with Crippen molar-refractivity contribution in [2.45, 2.75) is 52.4 Å². The monoisotopic (exact) mass is 228 g/mol. The van der Waals surface area contributed by atoms with E-state index < -0.39 is 0 Å². The van der Waals surface area contributed by atoms with Gasteiger partial charge in [-0.25, -0.2) is 0 Å². The Balaban J connectivity index is 0.000000113. The smallest absolute Gasteiger partial charge is 0.00148 e. The second kappa shape index (κ2) is 4.48. The van der Waals surface area contributed by atoms with E-state index in [1.165, 1.54) is 38.5 Å². The Kier molecular flexibility index (Phi) is 2.98.